The molecule has 0 atom stereocenters. The first-order valence-corrected chi connectivity index (χ1v) is 6.27. The first kappa shape index (κ1) is 13.7. The zero-order valence-electron chi connectivity index (χ0n) is 10.1. The smallest absolute Gasteiger partial charge is 0.218 e. The van der Waals surface area contributed by atoms with Gasteiger partial charge in [0, 0.05) is 22.8 Å². The molecule has 1 heterocycles. The number of halogens is 3. The van der Waals surface area contributed by atoms with Gasteiger partial charge in [-0.2, -0.15) is 0 Å². The van der Waals surface area contributed by atoms with E-state index in [0.29, 0.717) is 15.9 Å². The Kier molecular flexibility index (Phi) is 4.31. The number of aromatic nitrogens is 1. The summed E-state index contributed by atoms with van der Waals surface area (Å²) in [6.45, 7) is 0.215. The molecule has 0 aliphatic rings. The zero-order valence-corrected chi connectivity index (χ0v) is 11.7. The third kappa shape index (κ3) is 3.20. The topological polar surface area (TPSA) is 34.1 Å². The van der Waals surface area contributed by atoms with E-state index in [0.717, 1.165) is 0 Å². The fourth-order valence-corrected chi connectivity index (χ4v) is 2.04. The number of benzene rings is 1. The van der Waals surface area contributed by atoms with Gasteiger partial charge in [-0.3, -0.25) is 0 Å². The number of methoxy groups -OCH3 is 1. The van der Waals surface area contributed by atoms with Crippen LogP contribution in [0.1, 0.15) is 5.56 Å². The van der Waals surface area contributed by atoms with E-state index >= 15 is 0 Å². The van der Waals surface area contributed by atoms with Crippen molar-refractivity contribution in [3.05, 3.63) is 52.1 Å². The molecule has 1 N–H and O–H groups in total. The standard InChI is InChI=1S/C13H11BrF2N2O/c1-19-13-8(3-2-4-17-13)7-18-12-10(15)5-9(14)6-11(12)16/h2-6,18H,7H2,1H3. The Labute approximate surface area is 117 Å². The molecule has 19 heavy (non-hydrogen) atoms. The molecular weight excluding hydrogens is 318 g/mol. The Morgan fingerprint density at radius 1 is 1.32 bits per heavy atom. The van der Waals surface area contributed by atoms with Crippen LogP contribution in [-0.2, 0) is 6.54 Å². The van der Waals surface area contributed by atoms with E-state index in [-0.39, 0.29) is 12.2 Å². The second-order valence-corrected chi connectivity index (χ2v) is 4.69. The Hall–Kier alpha value is -1.69. The fourth-order valence-electron chi connectivity index (χ4n) is 1.64. The van der Waals surface area contributed by atoms with Gasteiger partial charge in [0.25, 0.3) is 0 Å². The third-order valence-electron chi connectivity index (χ3n) is 2.51. The van der Waals surface area contributed by atoms with Crippen LogP contribution in [-0.4, -0.2) is 12.1 Å². The van der Waals surface area contributed by atoms with Crippen LogP contribution < -0.4 is 10.1 Å². The lowest BCUT2D eigenvalue weighted by Crippen LogP contribution is -2.06. The first-order valence-electron chi connectivity index (χ1n) is 5.48. The number of nitrogens with one attached hydrogen (secondary N) is 1. The molecule has 0 saturated carbocycles. The van der Waals surface area contributed by atoms with E-state index < -0.39 is 11.6 Å². The number of pyridine rings is 1. The summed E-state index contributed by atoms with van der Waals surface area (Å²) in [6, 6.07) is 5.90. The van der Waals surface area contributed by atoms with Crippen molar-refractivity contribution in [1.29, 1.82) is 0 Å². The summed E-state index contributed by atoms with van der Waals surface area (Å²) in [4.78, 5) is 4.01. The number of ether oxygens (including phenoxy) is 1. The van der Waals surface area contributed by atoms with Crippen molar-refractivity contribution in [2.45, 2.75) is 6.54 Å². The van der Waals surface area contributed by atoms with Crippen molar-refractivity contribution in [2.24, 2.45) is 0 Å². The highest BCUT2D eigenvalue weighted by Gasteiger charge is 2.11. The van der Waals surface area contributed by atoms with Crippen molar-refractivity contribution in [3.63, 3.8) is 0 Å². The van der Waals surface area contributed by atoms with E-state index in [1.54, 1.807) is 18.3 Å². The number of hydrogen-bond acceptors (Lipinski definition) is 3. The van der Waals surface area contributed by atoms with Crippen molar-refractivity contribution in [2.75, 3.05) is 12.4 Å². The summed E-state index contributed by atoms with van der Waals surface area (Å²) < 4.78 is 32.7. The minimum atomic E-state index is -0.658. The Morgan fingerprint density at radius 3 is 2.63 bits per heavy atom. The van der Waals surface area contributed by atoms with E-state index in [4.69, 9.17) is 4.74 Å². The van der Waals surface area contributed by atoms with Gasteiger partial charge in [-0.15, -0.1) is 0 Å². The van der Waals surface area contributed by atoms with Gasteiger partial charge >= 0.3 is 0 Å². The summed E-state index contributed by atoms with van der Waals surface area (Å²) in [6.07, 6.45) is 1.59. The maximum Gasteiger partial charge on any atom is 0.218 e. The molecule has 0 aliphatic heterocycles. The normalized spacial score (nSPS) is 10.3. The highest BCUT2D eigenvalue weighted by molar-refractivity contribution is 9.10. The summed E-state index contributed by atoms with van der Waals surface area (Å²) in [7, 11) is 1.49. The van der Waals surface area contributed by atoms with Crippen molar-refractivity contribution in [1.82, 2.24) is 4.98 Å². The molecule has 2 aromatic rings. The SMILES string of the molecule is COc1ncccc1CNc1c(F)cc(Br)cc1F. The Bertz CT molecular complexity index is 570. The van der Waals surface area contributed by atoms with Gasteiger partial charge in [0.05, 0.1) is 7.11 Å². The van der Waals surface area contributed by atoms with Crippen LogP contribution in [0, 0.1) is 11.6 Å². The number of nitrogens with zero attached hydrogens (tertiary/aromatic N) is 1. The molecule has 0 unspecified atom stereocenters. The van der Waals surface area contributed by atoms with Crippen LogP contribution in [0.5, 0.6) is 5.88 Å². The fraction of sp³-hybridized carbons (Fsp3) is 0.154. The van der Waals surface area contributed by atoms with Crippen molar-refractivity contribution < 1.29 is 13.5 Å². The summed E-state index contributed by atoms with van der Waals surface area (Å²) in [5.74, 6) is -0.891. The predicted octanol–water partition coefficient (Wildman–Crippen LogP) is 3.74. The lowest BCUT2D eigenvalue weighted by atomic mass is 10.2. The molecule has 1 aromatic carbocycles. The molecule has 6 heteroatoms. The van der Waals surface area contributed by atoms with Crippen LogP contribution in [0.4, 0.5) is 14.5 Å². The van der Waals surface area contributed by atoms with Crippen LogP contribution in [0.2, 0.25) is 0 Å². The molecule has 1 aromatic heterocycles. The van der Waals surface area contributed by atoms with Crippen molar-refractivity contribution in [3.8, 4) is 5.88 Å². The highest BCUT2D eigenvalue weighted by Crippen LogP contribution is 2.25. The second kappa shape index (κ2) is 5.97. The Morgan fingerprint density at radius 2 is 2.00 bits per heavy atom. The van der Waals surface area contributed by atoms with E-state index in [1.807, 2.05) is 0 Å². The monoisotopic (exact) mass is 328 g/mol. The zero-order chi connectivity index (χ0) is 13.8. The van der Waals surface area contributed by atoms with Gasteiger partial charge in [-0.05, 0) is 18.2 Å². The summed E-state index contributed by atoms with van der Waals surface area (Å²) >= 11 is 3.03. The minimum Gasteiger partial charge on any atom is -0.481 e. The molecule has 0 amide bonds. The van der Waals surface area contributed by atoms with Gasteiger partial charge in [0.2, 0.25) is 5.88 Å². The second-order valence-electron chi connectivity index (χ2n) is 3.77. The largest absolute Gasteiger partial charge is 0.481 e. The molecule has 3 nitrogen and oxygen atoms in total. The number of rotatable bonds is 4. The Balaban J connectivity index is 2.19. The third-order valence-corrected chi connectivity index (χ3v) is 2.96. The molecule has 0 radical (unpaired) electrons. The molecule has 0 spiro atoms. The van der Waals surface area contributed by atoms with E-state index in [2.05, 4.69) is 26.2 Å². The van der Waals surface area contributed by atoms with Crippen LogP contribution in [0.15, 0.2) is 34.9 Å². The lowest BCUT2D eigenvalue weighted by Gasteiger charge is -2.11. The number of hydrogen-bond donors (Lipinski definition) is 1. The molecule has 100 valence electrons. The maximum atomic E-state index is 13.6. The summed E-state index contributed by atoms with van der Waals surface area (Å²) in [5, 5.41) is 2.71. The molecule has 0 saturated heterocycles. The molecule has 0 fully saturated rings. The highest BCUT2D eigenvalue weighted by atomic mass is 79.9. The maximum absolute atomic E-state index is 13.6. The van der Waals surface area contributed by atoms with Gasteiger partial charge < -0.3 is 10.1 Å². The van der Waals surface area contributed by atoms with Crippen LogP contribution in [0.3, 0.4) is 0 Å². The summed E-state index contributed by atoms with van der Waals surface area (Å²) in [5.41, 5.74) is 0.542. The first-order chi connectivity index (χ1) is 9.11. The van der Waals surface area contributed by atoms with Crippen LogP contribution in [0.25, 0.3) is 0 Å². The molecular formula is C13H11BrF2N2O. The van der Waals surface area contributed by atoms with Gasteiger partial charge in [-0.1, -0.05) is 22.0 Å². The van der Waals surface area contributed by atoms with Gasteiger partial charge in [0.1, 0.15) is 17.3 Å². The molecule has 0 aliphatic carbocycles. The van der Waals surface area contributed by atoms with Gasteiger partial charge in [-0.25, -0.2) is 13.8 Å². The number of anilines is 1. The molecule has 2 rings (SSSR count). The van der Waals surface area contributed by atoms with E-state index in [9.17, 15) is 8.78 Å². The van der Waals surface area contributed by atoms with Crippen molar-refractivity contribution >= 4 is 21.6 Å². The quantitative estimate of drug-likeness (QED) is 0.928. The predicted molar refractivity (Wildman–Crippen MR) is 72.2 cm³/mol. The average molecular weight is 329 g/mol. The van der Waals surface area contributed by atoms with Crippen LogP contribution >= 0.6 is 15.9 Å². The molecule has 0 bridgehead atoms. The average Bonchev–Trinajstić information content (AvgIpc) is 2.38. The lowest BCUT2D eigenvalue weighted by molar-refractivity contribution is 0.393. The minimum absolute atomic E-state index is 0.172. The van der Waals surface area contributed by atoms with Gasteiger partial charge in [0.15, 0.2) is 0 Å². The van der Waals surface area contributed by atoms with E-state index in [1.165, 1.54) is 19.2 Å².